The van der Waals surface area contributed by atoms with Gasteiger partial charge in [0, 0.05) is 24.9 Å². The highest BCUT2D eigenvalue weighted by Gasteiger charge is 2.33. The molecule has 3 rings (SSSR count). The number of benzene rings is 2. The monoisotopic (exact) mass is 523 g/mol. The van der Waals surface area contributed by atoms with E-state index in [2.05, 4.69) is 10.3 Å². The summed E-state index contributed by atoms with van der Waals surface area (Å²) in [4.78, 5) is 15.9. The Morgan fingerprint density at radius 2 is 1.86 bits per heavy atom. The van der Waals surface area contributed by atoms with Gasteiger partial charge < -0.3 is 19.9 Å². The number of primary amides is 1. The van der Waals surface area contributed by atoms with Crippen LogP contribution in [-0.2, 0) is 35.2 Å². The lowest BCUT2D eigenvalue weighted by Crippen LogP contribution is -2.23. The quantitative estimate of drug-likeness (QED) is 0.304. The summed E-state index contributed by atoms with van der Waals surface area (Å²) in [6, 6.07) is 14.8. The number of hydrogen-bond donors (Lipinski definition) is 2. The van der Waals surface area contributed by atoms with Gasteiger partial charge in [-0.05, 0) is 47.7 Å². The molecule has 7 nitrogen and oxygen atoms in total. The summed E-state index contributed by atoms with van der Waals surface area (Å²) in [5, 5.41) is 2.92. The Morgan fingerprint density at radius 3 is 2.44 bits per heavy atom. The van der Waals surface area contributed by atoms with Crippen molar-refractivity contribution in [3.8, 4) is 0 Å². The predicted octanol–water partition coefficient (Wildman–Crippen LogP) is 4.28. The summed E-state index contributed by atoms with van der Waals surface area (Å²) in [7, 11) is 1.16. The van der Waals surface area contributed by atoms with Crippen LogP contribution in [0.4, 0.5) is 29.1 Å². The number of nitrogens with two attached hydrogens (primary N) is 1. The molecule has 2 atom stereocenters. The van der Waals surface area contributed by atoms with Gasteiger partial charge in [-0.25, -0.2) is 9.37 Å². The molecule has 0 aliphatic carbocycles. The third-order valence-electron chi connectivity index (χ3n) is 5.55. The minimum atomic E-state index is -4.64. The minimum absolute atomic E-state index is 0.0120. The van der Waals surface area contributed by atoms with Gasteiger partial charge in [-0.3, -0.25) is 9.00 Å². The number of hydrogen-bond acceptors (Lipinski definition) is 5. The number of nitrogens with zero attached hydrogens (tertiary/aromatic N) is 2. The molecule has 192 valence electrons. The number of rotatable bonds is 10. The number of halogens is 4. The fourth-order valence-corrected chi connectivity index (χ4v) is 3.94. The van der Waals surface area contributed by atoms with Gasteiger partial charge in [-0.1, -0.05) is 42.5 Å². The van der Waals surface area contributed by atoms with Gasteiger partial charge in [0.15, 0.2) is 0 Å². The molecule has 0 aliphatic heterocycles. The molecule has 0 bridgehead atoms. The van der Waals surface area contributed by atoms with Gasteiger partial charge in [0.2, 0.25) is 5.91 Å². The number of anilines is 2. The highest BCUT2D eigenvalue weighted by atomic mass is 32.2. The molecule has 1 heterocycles. The first kappa shape index (κ1) is 27.1. The van der Waals surface area contributed by atoms with Crippen molar-refractivity contribution in [3.63, 3.8) is 0 Å². The average molecular weight is 524 g/mol. The summed E-state index contributed by atoms with van der Waals surface area (Å²) in [6.07, 6.45) is -4.47. The average Bonchev–Trinajstić information content (AvgIpc) is 2.82. The van der Waals surface area contributed by atoms with Crippen molar-refractivity contribution in [2.75, 3.05) is 16.7 Å². The number of pyridine rings is 1. The van der Waals surface area contributed by atoms with E-state index in [4.69, 9.17) is 5.73 Å². The summed E-state index contributed by atoms with van der Waals surface area (Å²) >= 11 is -2.70. The van der Waals surface area contributed by atoms with Crippen molar-refractivity contribution < 1.29 is 31.1 Å². The van der Waals surface area contributed by atoms with Crippen molar-refractivity contribution >= 4 is 28.7 Å². The summed E-state index contributed by atoms with van der Waals surface area (Å²) in [6.45, 7) is 0.225. The smallest absolute Gasteiger partial charge is 0.433 e. The second kappa shape index (κ2) is 11.5. The first-order valence-electron chi connectivity index (χ1n) is 10.7. The number of carbonyl (C=O) groups is 1. The second-order valence-corrected chi connectivity index (χ2v) is 8.94. The molecule has 0 fully saturated rings. The largest absolute Gasteiger partial charge is 0.755 e. The number of aromatic nitrogens is 1. The molecule has 0 spiro atoms. The van der Waals surface area contributed by atoms with Crippen LogP contribution in [0.15, 0.2) is 60.7 Å². The van der Waals surface area contributed by atoms with E-state index in [-0.39, 0.29) is 36.5 Å². The van der Waals surface area contributed by atoms with Crippen molar-refractivity contribution in [3.05, 3.63) is 88.9 Å². The van der Waals surface area contributed by atoms with E-state index in [9.17, 15) is 31.1 Å². The van der Waals surface area contributed by atoms with E-state index in [1.807, 2.05) is 6.07 Å². The molecule has 1 aromatic heterocycles. The standard InChI is InChI=1S/C24H24F4N4O3S/c1-32(36(34)35)20-11-8-17(13-19(20)25)18(22(29)33)10-7-16-9-12-21(24(26,27)28)31-23(16)30-14-15-5-3-2-4-6-15/h2-6,8-9,11-13,18H,7,10,14H2,1H3,(H2,29,33)(H,30,31)(H,34,35)/p-1. The number of carbonyl (C=O) groups excluding carboxylic acids is 1. The van der Waals surface area contributed by atoms with Crippen LogP contribution in [0.3, 0.4) is 0 Å². The fraction of sp³-hybridized carbons (Fsp3) is 0.250. The Balaban J connectivity index is 1.84. The van der Waals surface area contributed by atoms with Crippen LogP contribution >= 0.6 is 0 Å². The van der Waals surface area contributed by atoms with Crippen molar-refractivity contribution in [1.29, 1.82) is 0 Å². The van der Waals surface area contributed by atoms with E-state index in [0.717, 1.165) is 24.7 Å². The molecule has 1 amide bonds. The molecule has 2 unspecified atom stereocenters. The van der Waals surface area contributed by atoms with Crippen molar-refractivity contribution in [1.82, 2.24) is 4.98 Å². The van der Waals surface area contributed by atoms with E-state index >= 15 is 0 Å². The maximum Gasteiger partial charge on any atom is 0.433 e. The van der Waals surface area contributed by atoms with Crippen LogP contribution in [0.2, 0.25) is 0 Å². The number of nitrogens with one attached hydrogen (secondary N) is 1. The van der Waals surface area contributed by atoms with Gasteiger partial charge in [0.05, 0.1) is 11.6 Å². The molecular formula is C24H23F4N4O3S-. The molecule has 36 heavy (non-hydrogen) atoms. The van der Waals surface area contributed by atoms with Gasteiger partial charge >= 0.3 is 6.18 Å². The first-order chi connectivity index (χ1) is 17.0. The lowest BCUT2D eigenvalue weighted by Gasteiger charge is -2.23. The lowest BCUT2D eigenvalue weighted by atomic mass is 9.91. The van der Waals surface area contributed by atoms with Crippen molar-refractivity contribution in [2.24, 2.45) is 5.73 Å². The van der Waals surface area contributed by atoms with E-state index in [1.54, 1.807) is 24.3 Å². The van der Waals surface area contributed by atoms with E-state index < -0.39 is 40.8 Å². The summed E-state index contributed by atoms with van der Waals surface area (Å²) in [5.41, 5.74) is 5.72. The van der Waals surface area contributed by atoms with Gasteiger partial charge in [-0.15, -0.1) is 0 Å². The van der Waals surface area contributed by atoms with Crippen LogP contribution in [0.5, 0.6) is 0 Å². The third-order valence-corrected chi connectivity index (χ3v) is 6.20. The summed E-state index contributed by atoms with van der Waals surface area (Å²) in [5.74, 6) is -2.59. The van der Waals surface area contributed by atoms with Crippen LogP contribution in [0, 0.1) is 5.82 Å². The zero-order valence-electron chi connectivity index (χ0n) is 19.1. The summed E-state index contributed by atoms with van der Waals surface area (Å²) < 4.78 is 77.2. The van der Waals surface area contributed by atoms with Crippen LogP contribution < -0.4 is 15.4 Å². The first-order valence-corrected chi connectivity index (χ1v) is 11.8. The van der Waals surface area contributed by atoms with E-state index in [1.165, 1.54) is 18.2 Å². The highest BCUT2D eigenvalue weighted by Crippen LogP contribution is 2.32. The van der Waals surface area contributed by atoms with Crippen molar-refractivity contribution in [2.45, 2.75) is 31.5 Å². The Hall–Kier alpha value is -3.51. The SMILES string of the molecule is CN(c1ccc(C(CCc2ccc(C(F)(F)F)nc2NCc2ccccc2)C(N)=O)cc1F)S(=O)[O-]. The molecule has 0 saturated carbocycles. The maximum atomic E-state index is 14.5. The number of amides is 1. The Kier molecular flexibility index (Phi) is 8.64. The zero-order valence-corrected chi connectivity index (χ0v) is 19.9. The van der Waals surface area contributed by atoms with Gasteiger partial charge in [-0.2, -0.15) is 13.2 Å². The zero-order chi connectivity index (χ0) is 26.5. The normalized spacial score (nSPS) is 13.2. The van der Waals surface area contributed by atoms with Crippen LogP contribution in [-0.4, -0.2) is 26.7 Å². The van der Waals surface area contributed by atoms with Gasteiger partial charge in [0.25, 0.3) is 0 Å². The number of alkyl halides is 3. The fourth-order valence-electron chi connectivity index (χ4n) is 3.63. The second-order valence-electron chi connectivity index (χ2n) is 7.96. The van der Waals surface area contributed by atoms with Gasteiger partial charge in [0.1, 0.15) is 17.3 Å². The van der Waals surface area contributed by atoms with Crippen LogP contribution in [0.1, 0.15) is 34.7 Å². The Morgan fingerprint density at radius 1 is 1.17 bits per heavy atom. The minimum Gasteiger partial charge on any atom is -0.755 e. The van der Waals surface area contributed by atoms with Crippen LogP contribution in [0.25, 0.3) is 0 Å². The molecule has 0 saturated heterocycles. The topological polar surface area (TPSA) is 111 Å². The molecule has 12 heteroatoms. The highest BCUT2D eigenvalue weighted by molar-refractivity contribution is 7.80. The maximum absolute atomic E-state index is 14.5. The third kappa shape index (κ3) is 6.79. The molecule has 0 aliphatic rings. The predicted molar refractivity (Wildman–Crippen MR) is 127 cm³/mol. The molecule has 0 radical (unpaired) electrons. The Bertz CT molecular complexity index is 1240. The van der Waals surface area contributed by atoms with E-state index in [0.29, 0.717) is 9.87 Å². The molecule has 3 N–H and O–H groups in total. The lowest BCUT2D eigenvalue weighted by molar-refractivity contribution is -0.141. The number of aryl methyl sites for hydroxylation is 1. The molecular weight excluding hydrogens is 500 g/mol. The Labute approximate surface area is 207 Å². The molecule has 2 aromatic carbocycles. The molecule has 3 aromatic rings.